The van der Waals surface area contributed by atoms with Gasteiger partial charge < -0.3 is 5.32 Å². The quantitative estimate of drug-likeness (QED) is 0.756. The van der Waals surface area contributed by atoms with Gasteiger partial charge in [-0.15, -0.1) is 0 Å². The van der Waals surface area contributed by atoms with Crippen molar-refractivity contribution in [3.8, 4) is 0 Å². The highest BCUT2D eigenvalue weighted by Crippen LogP contribution is 2.43. The summed E-state index contributed by atoms with van der Waals surface area (Å²) in [5, 5.41) is 2.70. The third kappa shape index (κ3) is 4.18. The Hall–Kier alpha value is -1.57. The average Bonchev–Trinajstić information content (AvgIpc) is 3.15. The van der Waals surface area contributed by atoms with Gasteiger partial charge in [-0.25, -0.2) is 8.42 Å². The van der Waals surface area contributed by atoms with Gasteiger partial charge in [0, 0.05) is 6.04 Å². The summed E-state index contributed by atoms with van der Waals surface area (Å²) in [5.74, 6) is -2.08. The Morgan fingerprint density at radius 2 is 1.76 bits per heavy atom. The zero-order chi connectivity index (χ0) is 21.4. The molecule has 0 spiro atoms. The first-order chi connectivity index (χ1) is 13.5. The second-order valence-electron chi connectivity index (χ2n) is 8.55. The number of hydrogen-bond acceptors (Lipinski definition) is 3. The molecule has 4 nitrogen and oxygen atoms in total. The van der Waals surface area contributed by atoms with Gasteiger partial charge in [0.15, 0.2) is 14.6 Å². The third-order valence-electron chi connectivity index (χ3n) is 6.44. The lowest BCUT2D eigenvalue weighted by atomic mass is 9.85. The van der Waals surface area contributed by atoms with E-state index in [2.05, 4.69) is 5.32 Å². The van der Waals surface area contributed by atoms with Crippen molar-refractivity contribution in [1.29, 1.82) is 0 Å². The van der Waals surface area contributed by atoms with E-state index in [1.807, 2.05) is 6.07 Å². The molecule has 0 bridgehead atoms. The number of alkyl halides is 3. The maximum absolute atomic E-state index is 13.6. The highest BCUT2D eigenvalue weighted by atomic mass is 32.2. The molecule has 3 rings (SSSR count). The minimum Gasteiger partial charge on any atom is -0.352 e. The Balaban J connectivity index is 1.89. The standard InChI is InChI=1S/C21H28F3NO3S/c1-14-8-9-15(2)18(12-14)29(27,28)20(10-3-4-11-20)19(26)25-17-7-5-6-16(13-17)21(22,23)24/h8-9,12,16-17H,3-7,10-11,13H2,1-2H3,(H,25,26). The van der Waals surface area contributed by atoms with Crippen molar-refractivity contribution in [2.24, 2.45) is 5.92 Å². The van der Waals surface area contributed by atoms with Crippen LogP contribution in [0, 0.1) is 19.8 Å². The fourth-order valence-corrected chi connectivity index (χ4v) is 7.09. The van der Waals surface area contributed by atoms with Crippen molar-refractivity contribution in [3.05, 3.63) is 29.3 Å². The normalized spacial score (nSPS) is 25.0. The molecule has 29 heavy (non-hydrogen) atoms. The highest BCUT2D eigenvalue weighted by Gasteiger charge is 2.54. The molecule has 0 saturated heterocycles. The van der Waals surface area contributed by atoms with E-state index < -0.39 is 38.6 Å². The Kier molecular flexibility index (Phi) is 6.05. The number of amides is 1. The fourth-order valence-electron chi connectivity index (χ4n) is 4.71. The first-order valence-electron chi connectivity index (χ1n) is 10.2. The zero-order valence-corrected chi connectivity index (χ0v) is 17.6. The number of hydrogen-bond donors (Lipinski definition) is 1. The maximum atomic E-state index is 13.6. The number of rotatable bonds is 4. The van der Waals surface area contributed by atoms with Crippen LogP contribution in [0.5, 0.6) is 0 Å². The smallest absolute Gasteiger partial charge is 0.352 e. The van der Waals surface area contributed by atoms with Gasteiger partial charge in [0.2, 0.25) is 5.91 Å². The first-order valence-corrected chi connectivity index (χ1v) is 11.7. The summed E-state index contributed by atoms with van der Waals surface area (Å²) in [4.78, 5) is 13.4. The molecule has 0 radical (unpaired) electrons. The van der Waals surface area contributed by atoms with E-state index in [9.17, 15) is 26.4 Å². The molecular weight excluding hydrogens is 403 g/mol. The van der Waals surface area contributed by atoms with Gasteiger partial charge in [0.1, 0.15) is 0 Å². The number of carbonyl (C=O) groups excluding carboxylic acids is 1. The molecule has 8 heteroatoms. The van der Waals surface area contributed by atoms with Crippen molar-refractivity contribution in [2.45, 2.75) is 87.1 Å². The van der Waals surface area contributed by atoms with Crippen molar-refractivity contribution in [3.63, 3.8) is 0 Å². The lowest BCUT2D eigenvalue weighted by Crippen LogP contribution is -2.54. The summed E-state index contributed by atoms with van der Waals surface area (Å²) in [5.41, 5.74) is 1.35. The van der Waals surface area contributed by atoms with Crippen LogP contribution in [0.1, 0.15) is 62.5 Å². The van der Waals surface area contributed by atoms with Gasteiger partial charge in [0.05, 0.1) is 10.8 Å². The van der Waals surface area contributed by atoms with Crippen molar-refractivity contribution >= 4 is 15.7 Å². The summed E-state index contributed by atoms with van der Waals surface area (Å²) in [7, 11) is -3.98. The van der Waals surface area contributed by atoms with E-state index in [-0.39, 0.29) is 30.6 Å². The molecule has 2 atom stereocenters. The van der Waals surface area contributed by atoms with E-state index >= 15 is 0 Å². The Bertz CT molecular complexity index is 874. The number of carbonyl (C=O) groups is 1. The predicted molar refractivity (Wildman–Crippen MR) is 104 cm³/mol. The first kappa shape index (κ1) is 22.1. The van der Waals surface area contributed by atoms with Crippen molar-refractivity contribution < 1.29 is 26.4 Å². The molecule has 162 valence electrons. The molecule has 1 N–H and O–H groups in total. The van der Waals surface area contributed by atoms with Crippen molar-refractivity contribution in [1.82, 2.24) is 5.32 Å². The Morgan fingerprint density at radius 3 is 2.38 bits per heavy atom. The minimum atomic E-state index is -4.29. The lowest BCUT2D eigenvalue weighted by Gasteiger charge is -2.34. The van der Waals surface area contributed by atoms with Gasteiger partial charge in [-0.1, -0.05) is 31.4 Å². The molecule has 1 aromatic rings. The van der Waals surface area contributed by atoms with E-state index in [1.54, 1.807) is 26.0 Å². The highest BCUT2D eigenvalue weighted by molar-refractivity contribution is 7.93. The minimum absolute atomic E-state index is 0.0573. The van der Waals surface area contributed by atoms with Crippen molar-refractivity contribution in [2.75, 3.05) is 0 Å². The van der Waals surface area contributed by atoms with Gasteiger partial charge in [-0.05, 0) is 63.1 Å². The average molecular weight is 432 g/mol. The predicted octanol–water partition coefficient (Wildman–Crippen LogP) is 4.63. The zero-order valence-electron chi connectivity index (χ0n) is 16.8. The molecule has 0 aliphatic heterocycles. The summed E-state index contributed by atoms with van der Waals surface area (Å²) in [6.07, 6.45) is -2.01. The summed E-state index contributed by atoms with van der Waals surface area (Å²) >= 11 is 0. The van der Waals surface area contributed by atoms with Gasteiger partial charge in [-0.3, -0.25) is 4.79 Å². The molecule has 0 heterocycles. The van der Waals surface area contributed by atoms with Crippen LogP contribution in [0.3, 0.4) is 0 Å². The van der Waals surface area contributed by atoms with E-state index in [1.165, 1.54) is 0 Å². The van der Waals surface area contributed by atoms with Gasteiger partial charge >= 0.3 is 6.18 Å². The molecule has 2 fully saturated rings. The molecule has 0 aromatic heterocycles. The molecule has 2 unspecified atom stereocenters. The van der Waals surface area contributed by atoms with Crippen LogP contribution in [-0.4, -0.2) is 31.3 Å². The molecular formula is C21H28F3NO3S. The van der Waals surface area contributed by atoms with Crippen LogP contribution in [0.25, 0.3) is 0 Å². The molecule has 1 amide bonds. The van der Waals surface area contributed by atoms with E-state index in [0.29, 0.717) is 31.2 Å². The fraction of sp³-hybridized carbons (Fsp3) is 0.667. The van der Waals surface area contributed by atoms with Crippen LogP contribution in [-0.2, 0) is 14.6 Å². The Morgan fingerprint density at radius 1 is 1.10 bits per heavy atom. The molecule has 2 aliphatic rings. The second-order valence-corrected chi connectivity index (χ2v) is 10.8. The van der Waals surface area contributed by atoms with Crippen LogP contribution >= 0.6 is 0 Å². The number of sulfone groups is 1. The number of benzene rings is 1. The van der Waals surface area contributed by atoms with Crippen LogP contribution in [0.15, 0.2) is 23.1 Å². The topological polar surface area (TPSA) is 63.2 Å². The number of halogens is 3. The van der Waals surface area contributed by atoms with Crippen LogP contribution in [0.2, 0.25) is 0 Å². The largest absolute Gasteiger partial charge is 0.391 e. The molecule has 1 aromatic carbocycles. The van der Waals surface area contributed by atoms with Gasteiger partial charge in [0.25, 0.3) is 0 Å². The SMILES string of the molecule is Cc1ccc(C)c(S(=O)(=O)C2(C(=O)NC3CCCC(C(F)(F)F)C3)CCCC2)c1. The summed E-state index contributed by atoms with van der Waals surface area (Å²) in [6.45, 7) is 3.49. The lowest BCUT2D eigenvalue weighted by molar-refractivity contribution is -0.184. The van der Waals surface area contributed by atoms with E-state index in [0.717, 1.165) is 5.56 Å². The monoisotopic (exact) mass is 431 g/mol. The summed E-state index contributed by atoms with van der Waals surface area (Å²) in [6, 6.07) is 4.47. The second kappa shape index (κ2) is 7.93. The van der Waals surface area contributed by atoms with E-state index in [4.69, 9.17) is 0 Å². The van der Waals surface area contributed by atoms with Crippen LogP contribution in [0.4, 0.5) is 13.2 Å². The number of aryl methyl sites for hydroxylation is 2. The van der Waals surface area contributed by atoms with Crippen LogP contribution < -0.4 is 5.32 Å². The third-order valence-corrected chi connectivity index (χ3v) is 9.09. The molecule has 2 saturated carbocycles. The molecule has 2 aliphatic carbocycles. The van der Waals surface area contributed by atoms with Gasteiger partial charge in [-0.2, -0.15) is 13.2 Å². The summed E-state index contributed by atoms with van der Waals surface area (Å²) < 4.78 is 64.9. The Labute approximate surface area is 170 Å². The number of nitrogens with one attached hydrogen (secondary N) is 1. The maximum Gasteiger partial charge on any atom is 0.391 e.